The van der Waals surface area contributed by atoms with Crippen LogP contribution in [0.5, 0.6) is 0 Å². The van der Waals surface area contributed by atoms with Gasteiger partial charge in [0.05, 0.1) is 11.6 Å². The first-order valence-corrected chi connectivity index (χ1v) is 6.21. The summed E-state index contributed by atoms with van der Waals surface area (Å²) in [6.07, 6.45) is 0. The van der Waals surface area contributed by atoms with Crippen LogP contribution in [-0.2, 0) is 0 Å². The minimum Gasteiger partial charge on any atom is -0.459 e. The molecule has 1 atom stereocenters. The number of furan rings is 1. The number of rotatable bonds is 4. The predicted molar refractivity (Wildman–Crippen MR) is 70.9 cm³/mol. The Bertz CT molecular complexity index is 533. The molecule has 1 aromatic heterocycles. The van der Waals surface area contributed by atoms with Crippen LogP contribution in [0.2, 0.25) is 0 Å². The van der Waals surface area contributed by atoms with Crippen molar-refractivity contribution in [2.24, 2.45) is 0 Å². The van der Waals surface area contributed by atoms with Gasteiger partial charge in [0.2, 0.25) is 0 Å². The molecule has 2 aromatic rings. The highest BCUT2D eigenvalue weighted by molar-refractivity contribution is 5.59. The van der Waals surface area contributed by atoms with Crippen LogP contribution >= 0.6 is 0 Å². The van der Waals surface area contributed by atoms with Gasteiger partial charge in [-0.25, -0.2) is 4.39 Å². The minimum atomic E-state index is -0.252. The second-order valence-electron chi connectivity index (χ2n) is 4.46. The molecule has 0 fully saturated rings. The summed E-state index contributed by atoms with van der Waals surface area (Å²) < 4.78 is 19.5. The van der Waals surface area contributed by atoms with Crippen LogP contribution in [-0.4, -0.2) is 6.54 Å². The number of benzene rings is 1. The molecule has 96 valence electrons. The summed E-state index contributed by atoms with van der Waals surface area (Å²) in [6.45, 7) is 6.88. The second kappa shape index (κ2) is 5.36. The van der Waals surface area contributed by atoms with Gasteiger partial charge in [-0.15, -0.1) is 0 Å². The molecule has 1 heterocycles. The molecule has 0 aliphatic carbocycles. The van der Waals surface area contributed by atoms with Crippen molar-refractivity contribution in [1.29, 1.82) is 0 Å². The number of hydrogen-bond donors (Lipinski definition) is 1. The molecule has 0 bridgehead atoms. The maximum Gasteiger partial charge on any atom is 0.137 e. The van der Waals surface area contributed by atoms with Gasteiger partial charge in [-0.3, -0.25) is 0 Å². The van der Waals surface area contributed by atoms with Gasteiger partial charge >= 0.3 is 0 Å². The molecule has 2 rings (SSSR count). The van der Waals surface area contributed by atoms with E-state index in [9.17, 15) is 4.39 Å². The van der Waals surface area contributed by atoms with E-state index in [-0.39, 0.29) is 11.9 Å². The van der Waals surface area contributed by atoms with Crippen LogP contribution in [0.4, 0.5) is 4.39 Å². The standard InChI is InChI=1S/C15H18FNO/c1-4-17-11(3)14-7-8-15(18-14)12-9-10(2)5-6-13(12)16/h5-9,11,17H,4H2,1-3H3. The van der Waals surface area contributed by atoms with Crippen LogP contribution in [0.3, 0.4) is 0 Å². The average Bonchev–Trinajstić information content (AvgIpc) is 2.82. The summed E-state index contributed by atoms with van der Waals surface area (Å²) in [5, 5.41) is 3.27. The highest BCUT2D eigenvalue weighted by Crippen LogP contribution is 2.28. The normalized spacial score (nSPS) is 12.7. The molecule has 0 spiro atoms. The molecule has 1 unspecified atom stereocenters. The molecule has 18 heavy (non-hydrogen) atoms. The summed E-state index contributed by atoms with van der Waals surface area (Å²) >= 11 is 0. The van der Waals surface area contributed by atoms with Crippen molar-refractivity contribution in [2.45, 2.75) is 26.8 Å². The lowest BCUT2D eigenvalue weighted by Gasteiger charge is -2.08. The van der Waals surface area contributed by atoms with Crippen LogP contribution < -0.4 is 5.32 Å². The van der Waals surface area contributed by atoms with E-state index in [0.717, 1.165) is 17.9 Å². The van der Waals surface area contributed by atoms with Gasteiger partial charge < -0.3 is 9.73 Å². The Morgan fingerprint density at radius 2 is 2.06 bits per heavy atom. The third-order valence-electron chi connectivity index (χ3n) is 2.95. The molecule has 1 aromatic carbocycles. The van der Waals surface area contributed by atoms with Crippen molar-refractivity contribution in [1.82, 2.24) is 5.32 Å². The van der Waals surface area contributed by atoms with Gasteiger partial charge in [0.25, 0.3) is 0 Å². The summed E-state index contributed by atoms with van der Waals surface area (Å²) in [5.41, 5.74) is 1.54. The Labute approximate surface area is 107 Å². The number of hydrogen-bond acceptors (Lipinski definition) is 2. The van der Waals surface area contributed by atoms with E-state index < -0.39 is 0 Å². The van der Waals surface area contributed by atoms with Gasteiger partial charge in [-0.05, 0) is 44.7 Å². The fraction of sp³-hybridized carbons (Fsp3) is 0.333. The Kier molecular flexibility index (Phi) is 3.82. The van der Waals surface area contributed by atoms with E-state index in [1.807, 2.05) is 32.9 Å². The Morgan fingerprint density at radius 3 is 2.78 bits per heavy atom. The molecular weight excluding hydrogens is 229 g/mol. The van der Waals surface area contributed by atoms with Gasteiger partial charge in [0.15, 0.2) is 0 Å². The maximum atomic E-state index is 13.7. The third-order valence-corrected chi connectivity index (χ3v) is 2.95. The van der Waals surface area contributed by atoms with E-state index in [1.54, 1.807) is 12.1 Å². The molecule has 1 N–H and O–H groups in total. The van der Waals surface area contributed by atoms with E-state index in [0.29, 0.717) is 11.3 Å². The molecule has 0 amide bonds. The van der Waals surface area contributed by atoms with Gasteiger partial charge in [0.1, 0.15) is 17.3 Å². The summed E-state index contributed by atoms with van der Waals surface area (Å²) in [4.78, 5) is 0. The van der Waals surface area contributed by atoms with Crippen molar-refractivity contribution < 1.29 is 8.81 Å². The first kappa shape index (κ1) is 12.8. The monoisotopic (exact) mass is 247 g/mol. The zero-order valence-corrected chi connectivity index (χ0v) is 11.0. The maximum absolute atomic E-state index is 13.7. The lowest BCUT2D eigenvalue weighted by Crippen LogP contribution is -2.16. The van der Waals surface area contributed by atoms with Gasteiger partial charge in [-0.2, -0.15) is 0 Å². The van der Waals surface area contributed by atoms with Crippen LogP contribution in [0.25, 0.3) is 11.3 Å². The number of halogens is 1. The first-order chi connectivity index (χ1) is 8.61. The van der Waals surface area contributed by atoms with Crippen molar-refractivity contribution in [3.8, 4) is 11.3 Å². The smallest absolute Gasteiger partial charge is 0.137 e. The Hall–Kier alpha value is -1.61. The van der Waals surface area contributed by atoms with Crippen molar-refractivity contribution in [2.75, 3.05) is 6.54 Å². The third kappa shape index (κ3) is 2.62. The predicted octanol–water partition coefficient (Wildman–Crippen LogP) is 4.06. The van der Waals surface area contributed by atoms with E-state index >= 15 is 0 Å². The molecule has 0 saturated heterocycles. The van der Waals surface area contributed by atoms with Gasteiger partial charge in [-0.1, -0.05) is 18.6 Å². The highest BCUT2D eigenvalue weighted by atomic mass is 19.1. The number of nitrogens with one attached hydrogen (secondary N) is 1. The molecule has 0 radical (unpaired) electrons. The molecule has 0 aliphatic rings. The van der Waals surface area contributed by atoms with E-state index in [4.69, 9.17) is 4.42 Å². The van der Waals surface area contributed by atoms with E-state index in [2.05, 4.69) is 5.32 Å². The summed E-state index contributed by atoms with van der Waals surface area (Å²) in [5.74, 6) is 1.15. The Balaban J connectivity index is 2.32. The van der Waals surface area contributed by atoms with Crippen LogP contribution in [0.1, 0.15) is 31.2 Å². The molecule has 3 heteroatoms. The zero-order valence-electron chi connectivity index (χ0n) is 11.0. The van der Waals surface area contributed by atoms with Crippen LogP contribution in [0, 0.1) is 12.7 Å². The van der Waals surface area contributed by atoms with Crippen molar-refractivity contribution in [3.63, 3.8) is 0 Å². The topological polar surface area (TPSA) is 25.2 Å². The van der Waals surface area contributed by atoms with Crippen molar-refractivity contribution in [3.05, 3.63) is 47.5 Å². The summed E-state index contributed by atoms with van der Waals surface area (Å²) in [6, 6.07) is 8.88. The average molecular weight is 247 g/mol. The molecule has 2 nitrogen and oxygen atoms in total. The molecule has 0 aliphatic heterocycles. The lowest BCUT2D eigenvalue weighted by molar-refractivity contribution is 0.443. The first-order valence-electron chi connectivity index (χ1n) is 6.21. The van der Waals surface area contributed by atoms with E-state index in [1.165, 1.54) is 6.07 Å². The fourth-order valence-electron chi connectivity index (χ4n) is 1.97. The molecule has 0 saturated carbocycles. The largest absolute Gasteiger partial charge is 0.459 e. The van der Waals surface area contributed by atoms with Crippen molar-refractivity contribution >= 4 is 0 Å². The summed E-state index contributed by atoms with van der Waals surface area (Å²) in [7, 11) is 0. The minimum absolute atomic E-state index is 0.136. The Morgan fingerprint density at radius 1 is 1.28 bits per heavy atom. The number of aryl methyl sites for hydroxylation is 1. The highest BCUT2D eigenvalue weighted by Gasteiger charge is 2.13. The second-order valence-corrected chi connectivity index (χ2v) is 4.46. The quantitative estimate of drug-likeness (QED) is 0.881. The zero-order chi connectivity index (χ0) is 13.1. The SMILES string of the molecule is CCNC(C)c1ccc(-c2cc(C)ccc2F)o1. The van der Waals surface area contributed by atoms with Crippen LogP contribution in [0.15, 0.2) is 34.7 Å². The lowest BCUT2D eigenvalue weighted by atomic mass is 10.1. The molecular formula is C15H18FNO. The van der Waals surface area contributed by atoms with Gasteiger partial charge in [0, 0.05) is 0 Å². The fourth-order valence-corrected chi connectivity index (χ4v) is 1.97.